The SMILES string of the molecule is CNCc1cc(OCCOC(C)(C)C)ccc1Br. The topological polar surface area (TPSA) is 30.5 Å². The highest BCUT2D eigenvalue weighted by Gasteiger charge is 2.09. The van der Waals surface area contributed by atoms with Crippen LogP contribution in [-0.4, -0.2) is 25.9 Å². The molecule has 18 heavy (non-hydrogen) atoms. The molecule has 0 bridgehead atoms. The van der Waals surface area contributed by atoms with E-state index < -0.39 is 0 Å². The maximum atomic E-state index is 5.67. The molecule has 0 aromatic heterocycles. The van der Waals surface area contributed by atoms with Gasteiger partial charge in [-0.1, -0.05) is 15.9 Å². The van der Waals surface area contributed by atoms with Crippen LogP contribution in [0, 0.1) is 0 Å². The van der Waals surface area contributed by atoms with Gasteiger partial charge in [0.25, 0.3) is 0 Å². The summed E-state index contributed by atoms with van der Waals surface area (Å²) < 4.78 is 12.4. The molecule has 1 aromatic carbocycles. The van der Waals surface area contributed by atoms with Crippen LogP contribution < -0.4 is 10.1 Å². The zero-order valence-electron chi connectivity index (χ0n) is 11.5. The zero-order chi connectivity index (χ0) is 13.6. The Morgan fingerprint density at radius 1 is 1.22 bits per heavy atom. The molecule has 0 saturated heterocycles. The van der Waals surface area contributed by atoms with Crippen molar-refractivity contribution in [2.45, 2.75) is 32.9 Å². The Balaban J connectivity index is 2.45. The second-order valence-electron chi connectivity index (χ2n) is 5.09. The lowest BCUT2D eigenvalue weighted by atomic mass is 10.2. The molecule has 0 unspecified atom stereocenters. The summed E-state index contributed by atoms with van der Waals surface area (Å²) in [4.78, 5) is 0. The molecule has 0 radical (unpaired) electrons. The highest BCUT2D eigenvalue weighted by atomic mass is 79.9. The van der Waals surface area contributed by atoms with E-state index in [4.69, 9.17) is 9.47 Å². The van der Waals surface area contributed by atoms with Gasteiger partial charge in [-0.2, -0.15) is 0 Å². The van der Waals surface area contributed by atoms with E-state index in [-0.39, 0.29) is 5.60 Å². The molecule has 0 atom stereocenters. The number of hydrogen-bond acceptors (Lipinski definition) is 3. The first-order valence-electron chi connectivity index (χ1n) is 6.12. The van der Waals surface area contributed by atoms with Crippen LogP contribution >= 0.6 is 15.9 Å². The van der Waals surface area contributed by atoms with Gasteiger partial charge in [-0.3, -0.25) is 0 Å². The molecule has 0 aliphatic heterocycles. The molecule has 3 nitrogen and oxygen atoms in total. The van der Waals surface area contributed by atoms with E-state index >= 15 is 0 Å². The largest absolute Gasteiger partial charge is 0.491 e. The summed E-state index contributed by atoms with van der Waals surface area (Å²) in [6.45, 7) is 8.10. The highest BCUT2D eigenvalue weighted by Crippen LogP contribution is 2.22. The van der Waals surface area contributed by atoms with Gasteiger partial charge in [0.05, 0.1) is 12.2 Å². The minimum Gasteiger partial charge on any atom is -0.491 e. The molecule has 0 aliphatic carbocycles. The molecule has 0 fully saturated rings. The second-order valence-corrected chi connectivity index (χ2v) is 5.95. The van der Waals surface area contributed by atoms with Crippen LogP contribution in [0.1, 0.15) is 26.3 Å². The number of halogens is 1. The van der Waals surface area contributed by atoms with Gasteiger partial charge in [0.1, 0.15) is 12.4 Å². The zero-order valence-corrected chi connectivity index (χ0v) is 13.1. The Morgan fingerprint density at radius 3 is 2.56 bits per heavy atom. The third-order valence-corrected chi connectivity index (χ3v) is 3.05. The molecule has 0 heterocycles. The summed E-state index contributed by atoms with van der Waals surface area (Å²) >= 11 is 3.52. The van der Waals surface area contributed by atoms with Crippen molar-refractivity contribution in [1.82, 2.24) is 5.32 Å². The monoisotopic (exact) mass is 315 g/mol. The fourth-order valence-electron chi connectivity index (χ4n) is 1.47. The smallest absolute Gasteiger partial charge is 0.119 e. The second kappa shape index (κ2) is 7.12. The van der Waals surface area contributed by atoms with E-state index in [1.165, 1.54) is 5.56 Å². The van der Waals surface area contributed by atoms with Crippen LogP contribution in [0.3, 0.4) is 0 Å². The van der Waals surface area contributed by atoms with E-state index in [1.54, 1.807) is 0 Å². The minimum absolute atomic E-state index is 0.111. The van der Waals surface area contributed by atoms with E-state index in [2.05, 4.69) is 21.2 Å². The van der Waals surface area contributed by atoms with Gasteiger partial charge in [0.15, 0.2) is 0 Å². The Labute approximate surface area is 118 Å². The molecule has 1 rings (SSSR count). The Hall–Kier alpha value is -0.580. The van der Waals surface area contributed by atoms with Gasteiger partial charge in [0.2, 0.25) is 0 Å². The summed E-state index contributed by atoms with van der Waals surface area (Å²) in [6.07, 6.45) is 0. The van der Waals surface area contributed by atoms with Gasteiger partial charge < -0.3 is 14.8 Å². The minimum atomic E-state index is -0.111. The molecule has 102 valence electrons. The first-order chi connectivity index (χ1) is 8.42. The van der Waals surface area contributed by atoms with Gasteiger partial charge >= 0.3 is 0 Å². The van der Waals surface area contributed by atoms with Crippen molar-refractivity contribution in [3.63, 3.8) is 0 Å². The molecule has 0 spiro atoms. The summed E-state index contributed by atoms with van der Waals surface area (Å²) in [5, 5.41) is 3.13. The lowest BCUT2D eigenvalue weighted by Crippen LogP contribution is -2.22. The highest BCUT2D eigenvalue weighted by molar-refractivity contribution is 9.10. The lowest BCUT2D eigenvalue weighted by Gasteiger charge is -2.19. The molecule has 0 amide bonds. The summed E-state index contributed by atoms with van der Waals surface area (Å²) in [5.41, 5.74) is 1.08. The van der Waals surface area contributed by atoms with Gasteiger partial charge in [-0.25, -0.2) is 0 Å². The molecular weight excluding hydrogens is 294 g/mol. The lowest BCUT2D eigenvalue weighted by molar-refractivity contribution is -0.0163. The summed E-state index contributed by atoms with van der Waals surface area (Å²) in [7, 11) is 1.93. The van der Waals surface area contributed by atoms with Crippen LogP contribution in [0.5, 0.6) is 5.75 Å². The molecule has 0 saturated carbocycles. The van der Waals surface area contributed by atoms with Crippen molar-refractivity contribution in [2.24, 2.45) is 0 Å². The normalized spacial score (nSPS) is 11.6. The van der Waals surface area contributed by atoms with Gasteiger partial charge in [-0.05, 0) is 51.6 Å². The van der Waals surface area contributed by atoms with Crippen molar-refractivity contribution in [1.29, 1.82) is 0 Å². The van der Waals surface area contributed by atoms with Gasteiger partial charge in [0, 0.05) is 11.0 Å². The Bertz CT molecular complexity index is 375. The first kappa shape index (κ1) is 15.5. The maximum Gasteiger partial charge on any atom is 0.119 e. The number of hydrogen-bond donors (Lipinski definition) is 1. The summed E-state index contributed by atoms with van der Waals surface area (Å²) in [5.74, 6) is 0.876. The third-order valence-electron chi connectivity index (χ3n) is 2.27. The third kappa shape index (κ3) is 5.85. The average molecular weight is 316 g/mol. The standard InChI is InChI=1S/C14H22BrNO2/c1-14(2,3)18-8-7-17-12-5-6-13(15)11(9-12)10-16-4/h5-6,9,16H,7-8,10H2,1-4H3. The predicted octanol–water partition coefficient (Wildman–Crippen LogP) is 3.36. The van der Waals surface area contributed by atoms with Crippen LogP contribution in [0.25, 0.3) is 0 Å². The average Bonchev–Trinajstić information content (AvgIpc) is 2.28. The van der Waals surface area contributed by atoms with Crippen LogP contribution in [0.4, 0.5) is 0 Å². The predicted molar refractivity (Wildman–Crippen MR) is 78.1 cm³/mol. The Kier molecular flexibility index (Phi) is 6.12. The Morgan fingerprint density at radius 2 is 1.94 bits per heavy atom. The van der Waals surface area contributed by atoms with E-state index in [0.717, 1.165) is 16.8 Å². The fourth-order valence-corrected chi connectivity index (χ4v) is 1.86. The van der Waals surface area contributed by atoms with Crippen LogP contribution in [0.2, 0.25) is 0 Å². The van der Waals surface area contributed by atoms with Crippen LogP contribution in [-0.2, 0) is 11.3 Å². The van der Waals surface area contributed by atoms with Crippen LogP contribution in [0.15, 0.2) is 22.7 Å². The number of ether oxygens (including phenoxy) is 2. The first-order valence-corrected chi connectivity index (χ1v) is 6.91. The molecule has 0 aliphatic rings. The quantitative estimate of drug-likeness (QED) is 0.816. The van der Waals surface area contributed by atoms with Crippen molar-refractivity contribution >= 4 is 15.9 Å². The summed E-state index contributed by atoms with van der Waals surface area (Å²) in [6, 6.07) is 6.00. The van der Waals surface area contributed by atoms with Crippen molar-refractivity contribution in [3.8, 4) is 5.75 Å². The van der Waals surface area contributed by atoms with Crippen molar-refractivity contribution < 1.29 is 9.47 Å². The molecule has 1 N–H and O–H groups in total. The molecule has 1 aromatic rings. The van der Waals surface area contributed by atoms with E-state index in [9.17, 15) is 0 Å². The number of nitrogens with one attached hydrogen (secondary N) is 1. The van der Waals surface area contributed by atoms with E-state index in [0.29, 0.717) is 13.2 Å². The maximum absolute atomic E-state index is 5.67. The van der Waals surface area contributed by atoms with Crippen molar-refractivity contribution in [2.75, 3.05) is 20.3 Å². The number of benzene rings is 1. The van der Waals surface area contributed by atoms with Crippen molar-refractivity contribution in [3.05, 3.63) is 28.2 Å². The van der Waals surface area contributed by atoms with Gasteiger partial charge in [-0.15, -0.1) is 0 Å². The molecular formula is C14H22BrNO2. The number of rotatable bonds is 6. The van der Waals surface area contributed by atoms with E-state index in [1.807, 2.05) is 46.0 Å². The molecule has 4 heteroatoms. The fraction of sp³-hybridized carbons (Fsp3) is 0.571.